The van der Waals surface area contributed by atoms with E-state index in [2.05, 4.69) is 152 Å². The van der Waals surface area contributed by atoms with Crippen molar-refractivity contribution in [3.63, 3.8) is 0 Å². The molecule has 0 radical (unpaired) electrons. The van der Waals surface area contributed by atoms with E-state index in [1.165, 1.54) is 16.3 Å². The van der Waals surface area contributed by atoms with Crippen LogP contribution in [0.4, 0.5) is 0 Å². The highest BCUT2D eigenvalue weighted by atomic mass is 31.2. The summed E-state index contributed by atoms with van der Waals surface area (Å²) in [7, 11) is -2.73. The highest BCUT2D eigenvalue weighted by Crippen LogP contribution is 2.51. The van der Waals surface area contributed by atoms with E-state index in [0.29, 0.717) is 5.82 Å². The van der Waals surface area contributed by atoms with Gasteiger partial charge in [-0.05, 0) is 80.1 Å². The highest BCUT2D eigenvalue weighted by molar-refractivity contribution is 7.79. The van der Waals surface area contributed by atoms with Crippen LogP contribution in [0.3, 0.4) is 0 Å². The number of benzene rings is 8. The van der Waals surface area contributed by atoms with Gasteiger partial charge in [0.2, 0.25) is 0 Å². The summed E-state index contributed by atoms with van der Waals surface area (Å²) in [6.45, 7) is 1.91. The Morgan fingerprint density at radius 3 is 1.76 bits per heavy atom. The van der Waals surface area contributed by atoms with Crippen LogP contribution in [-0.2, 0) is 4.57 Å². The summed E-state index contributed by atoms with van der Waals surface area (Å²) in [5.74, 6) is 0.686. The van der Waals surface area contributed by atoms with Crippen LogP contribution < -0.4 is 10.6 Å². The quantitative estimate of drug-likeness (QED) is 0.161. The van der Waals surface area contributed by atoms with Gasteiger partial charge in [-0.3, -0.25) is 0 Å². The highest BCUT2D eigenvalue weighted by Gasteiger charge is 2.34. The van der Waals surface area contributed by atoms with Gasteiger partial charge < -0.3 is 4.57 Å². The lowest BCUT2D eigenvalue weighted by Gasteiger charge is -2.16. The molecule has 0 fully saturated rings. The SMILES string of the molecule is CP1(=O)c2ccccc2-c2ccc(-c3ccc4ccccc4c3-c3ccc(-c4cc(-c5cccc(-c6ccccc6)c5)nc(-c5ccccc5)n4)cc3)cc21. The normalized spacial score (nSPS) is 14.4. The molecule has 0 aliphatic carbocycles. The van der Waals surface area contributed by atoms with Crippen LogP contribution in [0.2, 0.25) is 0 Å². The second-order valence-corrected chi connectivity index (χ2v) is 17.0. The molecule has 0 spiro atoms. The molecule has 1 aliphatic rings. The molecule has 0 bridgehead atoms. The zero-order valence-electron chi connectivity index (χ0n) is 30.2. The van der Waals surface area contributed by atoms with Gasteiger partial charge in [0.25, 0.3) is 0 Å². The first kappa shape index (κ1) is 32.9. The number of nitrogens with zero attached hydrogens (tertiary/aromatic N) is 2. The van der Waals surface area contributed by atoms with E-state index < -0.39 is 7.14 Å². The maximum atomic E-state index is 14.3. The van der Waals surface area contributed by atoms with Crippen LogP contribution in [0.1, 0.15) is 0 Å². The average molecular weight is 723 g/mol. The molecule has 10 rings (SSSR count). The second kappa shape index (κ2) is 13.3. The van der Waals surface area contributed by atoms with Gasteiger partial charge in [-0.1, -0.05) is 176 Å². The Morgan fingerprint density at radius 1 is 0.382 bits per heavy atom. The van der Waals surface area contributed by atoms with E-state index >= 15 is 0 Å². The predicted octanol–water partition coefficient (Wildman–Crippen LogP) is 12.6. The van der Waals surface area contributed by atoms with Crippen LogP contribution >= 0.6 is 7.14 Å². The number of hydrogen-bond acceptors (Lipinski definition) is 3. The Bertz CT molecular complexity index is 2960. The summed E-state index contributed by atoms with van der Waals surface area (Å²) < 4.78 is 14.3. The molecule has 0 saturated carbocycles. The molecule has 1 aromatic heterocycles. The minimum atomic E-state index is -2.73. The Morgan fingerprint density at radius 2 is 0.964 bits per heavy atom. The lowest BCUT2D eigenvalue weighted by atomic mass is 9.88. The average Bonchev–Trinajstić information content (AvgIpc) is 3.49. The van der Waals surface area contributed by atoms with E-state index in [1.54, 1.807) is 0 Å². The third-order valence-electron chi connectivity index (χ3n) is 10.8. The number of rotatable bonds is 6. The maximum absolute atomic E-state index is 14.3. The zero-order chi connectivity index (χ0) is 36.9. The van der Waals surface area contributed by atoms with Crippen LogP contribution in [0.15, 0.2) is 194 Å². The molecule has 0 N–H and O–H groups in total. The van der Waals surface area contributed by atoms with Gasteiger partial charge in [-0.2, -0.15) is 0 Å². The van der Waals surface area contributed by atoms with Crippen molar-refractivity contribution in [2.24, 2.45) is 0 Å². The second-order valence-electron chi connectivity index (χ2n) is 14.2. The molecular formula is C51H35N2OP. The molecule has 2 heterocycles. The molecule has 1 aliphatic heterocycles. The van der Waals surface area contributed by atoms with E-state index in [1.807, 2.05) is 49.1 Å². The van der Waals surface area contributed by atoms with Crippen LogP contribution in [-0.4, -0.2) is 16.6 Å². The van der Waals surface area contributed by atoms with Crippen molar-refractivity contribution < 1.29 is 4.57 Å². The molecule has 1 atom stereocenters. The van der Waals surface area contributed by atoms with Gasteiger partial charge in [0, 0.05) is 27.3 Å². The molecule has 0 amide bonds. The van der Waals surface area contributed by atoms with Crippen LogP contribution in [0, 0.1) is 0 Å². The van der Waals surface area contributed by atoms with E-state index in [4.69, 9.17) is 9.97 Å². The fourth-order valence-corrected chi connectivity index (χ4v) is 10.4. The van der Waals surface area contributed by atoms with Gasteiger partial charge >= 0.3 is 0 Å². The molecule has 55 heavy (non-hydrogen) atoms. The Labute approximate surface area is 321 Å². The minimum Gasteiger partial charge on any atom is -0.314 e. The first-order valence-corrected chi connectivity index (χ1v) is 20.7. The van der Waals surface area contributed by atoms with E-state index in [-0.39, 0.29) is 0 Å². The molecule has 260 valence electrons. The predicted molar refractivity (Wildman–Crippen MR) is 230 cm³/mol. The summed E-state index contributed by atoms with van der Waals surface area (Å²) in [6.07, 6.45) is 0. The molecule has 1 unspecified atom stereocenters. The van der Waals surface area contributed by atoms with Crippen molar-refractivity contribution >= 4 is 28.5 Å². The van der Waals surface area contributed by atoms with Crippen molar-refractivity contribution in [3.8, 4) is 78.4 Å². The smallest absolute Gasteiger partial charge is 0.160 e. The fraction of sp³-hybridized carbons (Fsp3) is 0.0196. The third kappa shape index (κ3) is 5.81. The summed E-state index contributed by atoms with van der Waals surface area (Å²) in [5, 5.41) is 4.23. The Kier molecular flexibility index (Phi) is 7.98. The van der Waals surface area contributed by atoms with E-state index in [9.17, 15) is 4.57 Å². The van der Waals surface area contributed by atoms with Crippen LogP contribution in [0.5, 0.6) is 0 Å². The number of aromatic nitrogens is 2. The molecular weight excluding hydrogens is 688 g/mol. The van der Waals surface area contributed by atoms with Crippen molar-refractivity contribution in [2.75, 3.05) is 6.66 Å². The van der Waals surface area contributed by atoms with E-state index in [0.717, 1.165) is 77.6 Å². The summed E-state index contributed by atoms with van der Waals surface area (Å²) in [5.41, 5.74) is 13.6. The van der Waals surface area contributed by atoms with Gasteiger partial charge in [0.15, 0.2) is 5.82 Å². The summed E-state index contributed by atoms with van der Waals surface area (Å²) in [6, 6.07) is 67.6. The fourth-order valence-electron chi connectivity index (χ4n) is 8.06. The molecule has 8 aromatic carbocycles. The first-order valence-electron chi connectivity index (χ1n) is 18.6. The van der Waals surface area contributed by atoms with Gasteiger partial charge in [-0.25, -0.2) is 9.97 Å². The van der Waals surface area contributed by atoms with Gasteiger partial charge in [-0.15, -0.1) is 0 Å². The standard InChI is InChI=1S/C51H35N2OP/c1-55(54)48-22-11-10-21-44(48)45-30-28-40(32-49(45)55)43-29-27-35-15-8-9-20-42(35)50(43)37-25-23-36(24-26-37)46-33-47(53-51(52-46)38-16-6-3-7-17-38)41-19-12-18-39(31-41)34-13-4-2-5-14-34/h2-33H,1H3. The van der Waals surface area contributed by atoms with Crippen molar-refractivity contribution in [1.29, 1.82) is 0 Å². The first-order chi connectivity index (χ1) is 27.0. The van der Waals surface area contributed by atoms with Gasteiger partial charge in [0.05, 0.1) is 11.4 Å². The van der Waals surface area contributed by atoms with Crippen LogP contribution in [0.25, 0.3) is 89.2 Å². The molecule has 3 nitrogen and oxygen atoms in total. The monoisotopic (exact) mass is 722 g/mol. The largest absolute Gasteiger partial charge is 0.314 e. The van der Waals surface area contributed by atoms with Crippen molar-refractivity contribution in [3.05, 3.63) is 194 Å². The molecule has 9 aromatic rings. The number of hydrogen-bond donors (Lipinski definition) is 0. The maximum Gasteiger partial charge on any atom is 0.160 e. The lowest BCUT2D eigenvalue weighted by molar-refractivity contribution is 0.591. The minimum absolute atomic E-state index is 0.686. The number of fused-ring (bicyclic) bond motifs is 4. The lowest BCUT2D eigenvalue weighted by Crippen LogP contribution is -2.08. The molecule has 4 heteroatoms. The Hall–Kier alpha value is -6.67. The zero-order valence-corrected chi connectivity index (χ0v) is 31.1. The van der Waals surface area contributed by atoms with Crippen molar-refractivity contribution in [1.82, 2.24) is 9.97 Å². The summed E-state index contributed by atoms with van der Waals surface area (Å²) >= 11 is 0. The topological polar surface area (TPSA) is 42.9 Å². The van der Waals surface area contributed by atoms with Gasteiger partial charge in [0.1, 0.15) is 7.14 Å². The summed E-state index contributed by atoms with van der Waals surface area (Å²) in [4.78, 5) is 10.2. The molecule has 0 saturated heterocycles. The van der Waals surface area contributed by atoms with Crippen molar-refractivity contribution in [2.45, 2.75) is 0 Å². The Balaban J connectivity index is 1.09. The third-order valence-corrected chi connectivity index (χ3v) is 13.4.